The van der Waals surface area contributed by atoms with Gasteiger partial charge in [-0.05, 0) is 273 Å². The molecule has 0 atom stereocenters. The average molecular weight is 1040 g/mol. The Kier molecular flexibility index (Phi) is 14.8. The molecule has 0 aliphatic carbocycles. The van der Waals surface area contributed by atoms with Crippen LogP contribution in [0.25, 0.3) is 33.4 Å². The predicted molar refractivity (Wildman–Crippen MR) is 339 cm³/mol. The molecule has 0 N–H and O–H groups in total. The number of aryl methyl sites for hydroxylation is 8. The first-order chi connectivity index (χ1) is 38.7. The summed E-state index contributed by atoms with van der Waals surface area (Å²) in [6, 6.07) is 86.5. The fraction of sp³-hybridized carbons (Fsp3) is 0.120. The molecule has 0 saturated carbocycles. The summed E-state index contributed by atoms with van der Waals surface area (Å²) in [5, 5.41) is 0. The molecule has 0 fully saturated rings. The molecule has 0 spiro atoms. The molecule has 0 aliphatic heterocycles. The third-order valence-corrected chi connectivity index (χ3v) is 16.1. The summed E-state index contributed by atoms with van der Waals surface area (Å²) in [5.41, 5.74) is 28.7. The highest BCUT2D eigenvalue weighted by Gasteiger charge is 2.19. The van der Waals surface area contributed by atoms with Gasteiger partial charge < -0.3 is 19.6 Å². The molecule has 11 rings (SSSR count). The molecule has 0 aromatic heterocycles. The van der Waals surface area contributed by atoms with Crippen molar-refractivity contribution in [2.24, 2.45) is 0 Å². The Morgan fingerprint density at radius 2 is 0.438 bits per heavy atom. The third kappa shape index (κ3) is 11.0. The molecule has 0 unspecified atom stereocenters. The molecule has 0 radical (unpaired) electrons. The summed E-state index contributed by atoms with van der Waals surface area (Å²) in [7, 11) is 1.96. The van der Waals surface area contributed by atoms with Crippen LogP contribution in [0, 0.1) is 61.2 Å². The van der Waals surface area contributed by atoms with Crippen molar-refractivity contribution in [2.75, 3.05) is 26.6 Å². The number of anilines is 11. The normalized spacial score (nSPS) is 11.1. The highest BCUT2D eigenvalue weighted by atomic mass is 19.1. The Hall–Kier alpha value is -9.45. The summed E-state index contributed by atoms with van der Waals surface area (Å²) < 4.78 is 14.0. The first kappa shape index (κ1) is 52.6. The number of halogens is 1. The van der Waals surface area contributed by atoms with Crippen molar-refractivity contribution in [2.45, 2.75) is 55.4 Å². The van der Waals surface area contributed by atoms with Gasteiger partial charge >= 0.3 is 0 Å². The fourth-order valence-corrected chi connectivity index (χ4v) is 10.5. The molecule has 0 aliphatic rings. The van der Waals surface area contributed by atoms with Gasteiger partial charge in [0.15, 0.2) is 0 Å². The summed E-state index contributed by atoms with van der Waals surface area (Å²) in [6.45, 7) is 17.4. The molecule has 80 heavy (non-hydrogen) atoms. The first-order valence-corrected chi connectivity index (χ1v) is 27.5. The van der Waals surface area contributed by atoms with Gasteiger partial charge in [-0.25, -0.2) is 4.39 Å². The molecule has 0 amide bonds. The van der Waals surface area contributed by atoms with Crippen LogP contribution in [0.1, 0.15) is 44.5 Å². The van der Waals surface area contributed by atoms with Gasteiger partial charge in [0, 0.05) is 69.6 Å². The molecule has 0 saturated heterocycles. The van der Waals surface area contributed by atoms with Crippen LogP contribution in [0.4, 0.5) is 67.0 Å². The minimum Gasteiger partial charge on any atom is -0.345 e. The van der Waals surface area contributed by atoms with Gasteiger partial charge in [-0.15, -0.1) is 0 Å². The number of benzene rings is 11. The van der Waals surface area contributed by atoms with E-state index in [-0.39, 0.29) is 5.82 Å². The third-order valence-electron chi connectivity index (χ3n) is 16.1. The lowest BCUT2D eigenvalue weighted by molar-refractivity contribution is 0.628. The Morgan fingerprint density at radius 1 is 0.212 bits per heavy atom. The molecular formula is C75H67FN4. The summed E-state index contributed by atoms with van der Waals surface area (Å²) in [6.07, 6.45) is 0. The van der Waals surface area contributed by atoms with Crippen LogP contribution in [0.2, 0.25) is 0 Å². The largest absolute Gasteiger partial charge is 0.345 e. The highest BCUT2D eigenvalue weighted by molar-refractivity contribution is 5.84. The van der Waals surface area contributed by atoms with E-state index in [0.717, 1.165) is 95.9 Å². The van der Waals surface area contributed by atoms with E-state index in [1.807, 2.05) is 18.0 Å². The van der Waals surface area contributed by atoms with E-state index in [4.69, 9.17) is 0 Å². The number of rotatable bonds is 14. The fourth-order valence-electron chi connectivity index (χ4n) is 10.5. The second kappa shape index (κ2) is 22.5. The predicted octanol–water partition coefficient (Wildman–Crippen LogP) is 21.5. The highest BCUT2D eigenvalue weighted by Crippen LogP contribution is 2.42. The van der Waals surface area contributed by atoms with Crippen LogP contribution in [-0.4, -0.2) is 7.05 Å². The smallest absolute Gasteiger partial charge is 0.125 e. The molecular weight excluding hydrogens is 976 g/mol. The van der Waals surface area contributed by atoms with Gasteiger partial charge in [-0.2, -0.15) is 0 Å². The number of hydrogen-bond acceptors (Lipinski definition) is 4. The second-order valence-corrected chi connectivity index (χ2v) is 21.4. The zero-order chi connectivity index (χ0) is 55.6. The van der Waals surface area contributed by atoms with Crippen molar-refractivity contribution in [3.63, 3.8) is 0 Å². The molecule has 11 aromatic rings. The van der Waals surface area contributed by atoms with E-state index in [0.29, 0.717) is 0 Å². The van der Waals surface area contributed by atoms with Gasteiger partial charge in [0.05, 0.1) is 0 Å². The first-order valence-electron chi connectivity index (χ1n) is 27.5. The lowest BCUT2D eigenvalue weighted by atomic mass is 10.0. The molecule has 0 heterocycles. The zero-order valence-corrected chi connectivity index (χ0v) is 47.3. The van der Waals surface area contributed by atoms with E-state index in [1.165, 1.54) is 50.6 Å². The van der Waals surface area contributed by atoms with Crippen LogP contribution in [0.3, 0.4) is 0 Å². The Morgan fingerprint density at radius 3 is 0.675 bits per heavy atom. The topological polar surface area (TPSA) is 13.0 Å². The minimum atomic E-state index is -0.248. The molecule has 5 heteroatoms. The van der Waals surface area contributed by atoms with Gasteiger partial charge in [0.25, 0.3) is 0 Å². The van der Waals surface area contributed by atoms with Crippen molar-refractivity contribution in [3.05, 3.63) is 293 Å². The van der Waals surface area contributed by atoms with Gasteiger partial charge in [-0.3, -0.25) is 0 Å². The Balaban J connectivity index is 0.848. The molecule has 394 valence electrons. The Bertz CT molecular complexity index is 3920. The molecule has 4 nitrogen and oxygen atoms in total. The van der Waals surface area contributed by atoms with Crippen molar-refractivity contribution in [1.29, 1.82) is 0 Å². The summed E-state index contributed by atoms with van der Waals surface area (Å²) >= 11 is 0. The van der Waals surface area contributed by atoms with E-state index < -0.39 is 0 Å². The molecule has 0 bridgehead atoms. The van der Waals surface area contributed by atoms with Crippen LogP contribution >= 0.6 is 0 Å². The van der Waals surface area contributed by atoms with Gasteiger partial charge in [0.1, 0.15) is 5.82 Å². The Labute approximate surface area is 472 Å². The quantitative estimate of drug-likeness (QED) is 0.108. The zero-order valence-electron chi connectivity index (χ0n) is 47.3. The lowest BCUT2D eigenvalue weighted by Gasteiger charge is -2.27. The molecule has 11 aromatic carbocycles. The van der Waals surface area contributed by atoms with Crippen molar-refractivity contribution >= 4 is 62.6 Å². The maximum atomic E-state index is 14.0. The van der Waals surface area contributed by atoms with Crippen LogP contribution in [0.5, 0.6) is 0 Å². The monoisotopic (exact) mass is 1040 g/mol. The second-order valence-electron chi connectivity index (χ2n) is 21.4. The van der Waals surface area contributed by atoms with Crippen LogP contribution in [0.15, 0.2) is 243 Å². The lowest BCUT2D eigenvalue weighted by Crippen LogP contribution is -2.11. The summed E-state index contributed by atoms with van der Waals surface area (Å²) in [4.78, 5) is 9.04. The van der Waals surface area contributed by atoms with E-state index >= 15 is 0 Å². The van der Waals surface area contributed by atoms with Crippen molar-refractivity contribution in [3.8, 4) is 33.4 Å². The number of hydrogen-bond donors (Lipinski definition) is 0. The van der Waals surface area contributed by atoms with Crippen LogP contribution in [-0.2, 0) is 0 Å². The standard InChI is InChI=1S/C75H67FN4/c1-50-13-29-72(45-54(50)5)78(66-35-19-59(20-36-66)58-17-33-65(34-18-58)77(9)71-12-10-11-64(76)49-71)67-37-21-60(22-38-67)61-23-39-68(40-24-61)79(73-30-14-51(2)55(6)46-73)69-41-25-62(26-42-69)63-27-43-70(44-28-63)80(74-31-15-52(3)56(7)47-74)75-32-16-53(4)57(8)48-75/h10-49H,1-9H3. The number of nitrogens with zero attached hydrogens (tertiary/aromatic N) is 4. The van der Waals surface area contributed by atoms with E-state index in [1.54, 1.807) is 12.1 Å². The van der Waals surface area contributed by atoms with E-state index in [2.05, 4.69) is 288 Å². The van der Waals surface area contributed by atoms with E-state index in [9.17, 15) is 4.39 Å². The maximum Gasteiger partial charge on any atom is 0.125 e. The summed E-state index contributed by atoms with van der Waals surface area (Å²) in [5.74, 6) is -0.248. The van der Waals surface area contributed by atoms with Crippen molar-refractivity contribution < 1.29 is 4.39 Å². The maximum absolute atomic E-state index is 14.0. The average Bonchev–Trinajstić information content (AvgIpc) is 3.49. The van der Waals surface area contributed by atoms with Gasteiger partial charge in [-0.1, -0.05) is 103 Å². The minimum absolute atomic E-state index is 0.248. The van der Waals surface area contributed by atoms with Crippen LogP contribution < -0.4 is 19.6 Å². The van der Waals surface area contributed by atoms with Gasteiger partial charge in [0.2, 0.25) is 0 Å². The SMILES string of the molecule is Cc1ccc(N(c2ccc(-c3ccc(N(C)c4cccc(F)c4)cc3)cc2)c2ccc(-c3ccc(N(c4ccc(-c5ccc(N(c6ccc(C)c(C)c6)c6ccc(C)c(C)c6)cc5)cc4)c4ccc(C)c(C)c4)cc3)cc2)cc1C. The van der Waals surface area contributed by atoms with Crippen molar-refractivity contribution in [1.82, 2.24) is 0 Å².